The first-order chi connectivity index (χ1) is 10.2. The minimum Gasteiger partial charge on any atom is -0.320 e. The van der Waals surface area contributed by atoms with E-state index in [4.69, 9.17) is 11.6 Å². The molecular formula is C15H13ClN4O. The van der Waals surface area contributed by atoms with Gasteiger partial charge in [-0.1, -0.05) is 29.7 Å². The smallest absolute Gasteiger partial charge is 0.299 e. The molecule has 3 rings (SSSR count). The number of halogens is 1. The third-order valence-corrected chi connectivity index (χ3v) is 3.84. The molecular weight excluding hydrogens is 288 g/mol. The Morgan fingerprint density at radius 2 is 2.19 bits per heavy atom. The summed E-state index contributed by atoms with van der Waals surface area (Å²) in [5.74, 6) is 6.05. The molecule has 1 aromatic heterocycles. The van der Waals surface area contributed by atoms with Crippen LogP contribution < -0.4 is 0 Å². The number of carbonyl (C=O) groups is 1. The van der Waals surface area contributed by atoms with Gasteiger partial charge in [-0.3, -0.25) is 4.79 Å². The molecule has 1 aromatic carbocycles. The summed E-state index contributed by atoms with van der Waals surface area (Å²) in [5.41, 5.74) is 0.653. The summed E-state index contributed by atoms with van der Waals surface area (Å²) >= 11 is 6.03. The first-order valence-electron chi connectivity index (χ1n) is 6.61. The molecule has 0 saturated carbocycles. The van der Waals surface area contributed by atoms with Crippen molar-refractivity contribution in [3.05, 3.63) is 47.0 Å². The molecule has 1 amide bonds. The lowest BCUT2D eigenvalue weighted by molar-refractivity contribution is -0.128. The maximum absolute atomic E-state index is 12.3. The highest BCUT2D eigenvalue weighted by atomic mass is 35.5. The molecule has 5 nitrogen and oxygen atoms in total. The van der Waals surface area contributed by atoms with Gasteiger partial charge in [0, 0.05) is 24.6 Å². The van der Waals surface area contributed by atoms with Crippen LogP contribution in [-0.4, -0.2) is 32.1 Å². The van der Waals surface area contributed by atoms with Gasteiger partial charge >= 0.3 is 0 Å². The van der Waals surface area contributed by atoms with E-state index in [1.807, 2.05) is 23.6 Å². The second-order valence-corrected chi connectivity index (χ2v) is 5.19. The van der Waals surface area contributed by atoms with Gasteiger partial charge in [-0.15, -0.1) is 10.2 Å². The van der Waals surface area contributed by atoms with Gasteiger partial charge in [0.25, 0.3) is 5.91 Å². The minimum absolute atomic E-state index is 0.130. The molecule has 0 N–H and O–H groups in total. The van der Waals surface area contributed by atoms with Crippen molar-refractivity contribution < 1.29 is 4.79 Å². The Labute approximate surface area is 127 Å². The fourth-order valence-corrected chi connectivity index (χ4v) is 2.52. The van der Waals surface area contributed by atoms with E-state index in [1.54, 1.807) is 23.4 Å². The highest BCUT2D eigenvalue weighted by Crippen LogP contribution is 2.22. The molecule has 1 aliphatic rings. The third kappa shape index (κ3) is 2.63. The molecule has 0 bridgehead atoms. The molecule has 0 aliphatic carbocycles. The van der Waals surface area contributed by atoms with Crippen molar-refractivity contribution >= 4 is 17.5 Å². The molecule has 1 unspecified atom stereocenters. The Morgan fingerprint density at radius 3 is 3.00 bits per heavy atom. The summed E-state index contributed by atoms with van der Waals surface area (Å²) in [7, 11) is 0. The molecule has 21 heavy (non-hydrogen) atoms. The van der Waals surface area contributed by atoms with Crippen LogP contribution in [0.1, 0.15) is 24.4 Å². The van der Waals surface area contributed by atoms with E-state index >= 15 is 0 Å². The van der Waals surface area contributed by atoms with E-state index in [2.05, 4.69) is 22.0 Å². The van der Waals surface area contributed by atoms with Crippen LogP contribution in [0, 0.1) is 11.8 Å². The van der Waals surface area contributed by atoms with Gasteiger partial charge in [0.05, 0.1) is 11.1 Å². The van der Waals surface area contributed by atoms with E-state index in [1.165, 1.54) is 0 Å². The zero-order chi connectivity index (χ0) is 14.8. The van der Waals surface area contributed by atoms with Gasteiger partial charge in [0.15, 0.2) is 5.82 Å². The molecule has 2 aromatic rings. The maximum atomic E-state index is 12.3. The fourth-order valence-electron chi connectivity index (χ4n) is 2.34. The highest BCUT2D eigenvalue weighted by molar-refractivity contribution is 6.31. The van der Waals surface area contributed by atoms with Crippen molar-refractivity contribution in [1.29, 1.82) is 0 Å². The molecule has 106 valence electrons. The van der Waals surface area contributed by atoms with E-state index in [9.17, 15) is 4.79 Å². The first kappa shape index (κ1) is 13.7. The zero-order valence-electron chi connectivity index (χ0n) is 11.5. The van der Waals surface area contributed by atoms with Crippen molar-refractivity contribution in [2.24, 2.45) is 0 Å². The predicted molar refractivity (Wildman–Crippen MR) is 78.5 cm³/mol. The number of fused-ring (bicyclic) bond motifs is 1. The Balaban J connectivity index is 1.80. The van der Waals surface area contributed by atoms with Crippen LogP contribution >= 0.6 is 11.6 Å². The molecule has 0 radical (unpaired) electrons. The number of nitrogens with zero attached hydrogens (tertiary/aromatic N) is 4. The Morgan fingerprint density at radius 1 is 1.38 bits per heavy atom. The molecule has 2 heterocycles. The second kappa shape index (κ2) is 5.58. The topological polar surface area (TPSA) is 51.0 Å². The van der Waals surface area contributed by atoms with Gasteiger partial charge in [0.2, 0.25) is 0 Å². The van der Waals surface area contributed by atoms with E-state index in [-0.39, 0.29) is 11.9 Å². The average molecular weight is 301 g/mol. The Bertz CT molecular complexity index is 743. The predicted octanol–water partition coefficient (Wildman–Crippen LogP) is 1.89. The van der Waals surface area contributed by atoms with E-state index in [0.717, 1.165) is 5.82 Å². The van der Waals surface area contributed by atoms with Crippen LogP contribution in [0.5, 0.6) is 0 Å². The minimum atomic E-state index is -0.225. The first-order valence-corrected chi connectivity index (χ1v) is 6.99. The number of carbonyl (C=O) groups excluding carboxylic acids is 1. The average Bonchev–Trinajstić information content (AvgIpc) is 2.96. The van der Waals surface area contributed by atoms with Crippen molar-refractivity contribution in [3.63, 3.8) is 0 Å². The van der Waals surface area contributed by atoms with Gasteiger partial charge < -0.3 is 9.47 Å². The lowest BCUT2D eigenvalue weighted by Gasteiger charge is -2.31. The molecule has 1 aliphatic heterocycles. The summed E-state index contributed by atoms with van der Waals surface area (Å²) in [6.45, 7) is 3.21. The summed E-state index contributed by atoms with van der Waals surface area (Å²) in [4.78, 5) is 14.0. The quantitative estimate of drug-likeness (QED) is 0.698. The molecule has 0 saturated heterocycles. The summed E-state index contributed by atoms with van der Waals surface area (Å²) in [6.07, 6.45) is 1.68. The van der Waals surface area contributed by atoms with Crippen LogP contribution in [0.2, 0.25) is 5.02 Å². The van der Waals surface area contributed by atoms with Crippen LogP contribution in [0.3, 0.4) is 0 Å². The zero-order valence-corrected chi connectivity index (χ0v) is 12.2. The van der Waals surface area contributed by atoms with Gasteiger partial charge in [-0.05, 0) is 19.1 Å². The Hall–Kier alpha value is -2.32. The normalized spacial score (nSPS) is 16.9. The van der Waals surface area contributed by atoms with Crippen molar-refractivity contribution in [1.82, 2.24) is 19.7 Å². The largest absolute Gasteiger partial charge is 0.320 e. The standard InChI is InChI=1S/C15H13ClN4O/c1-11-15-18-17-10-19(15)8-9-20(11)14(21)7-6-12-4-2-3-5-13(12)16/h2-5,10-11H,8-9H2,1H3. The number of hydrogen-bond acceptors (Lipinski definition) is 3. The van der Waals surface area contributed by atoms with Crippen LogP contribution in [0.25, 0.3) is 0 Å². The number of benzene rings is 1. The van der Waals surface area contributed by atoms with Crippen LogP contribution in [-0.2, 0) is 11.3 Å². The van der Waals surface area contributed by atoms with Gasteiger partial charge in [0.1, 0.15) is 6.33 Å². The molecule has 1 atom stereocenters. The van der Waals surface area contributed by atoms with Crippen molar-refractivity contribution in [2.75, 3.05) is 6.54 Å². The Kier molecular flexibility index (Phi) is 3.63. The van der Waals surface area contributed by atoms with E-state index < -0.39 is 0 Å². The van der Waals surface area contributed by atoms with Crippen molar-refractivity contribution in [3.8, 4) is 11.8 Å². The van der Waals surface area contributed by atoms with E-state index in [0.29, 0.717) is 23.7 Å². The number of rotatable bonds is 0. The summed E-state index contributed by atoms with van der Waals surface area (Å²) in [5, 5.41) is 8.47. The van der Waals surface area contributed by atoms with Crippen LogP contribution in [0.4, 0.5) is 0 Å². The summed E-state index contributed by atoms with van der Waals surface area (Å²) < 4.78 is 1.95. The third-order valence-electron chi connectivity index (χ3n) is 3.51. The lowest BCUT2D eigenvalue weighted by Crippen LogP contribution is -2.40. The highest BCUT2D eigenvalue weighted by Gasteiger charge is 2.28. The molecule has 0 fully saturated rings. The number of aromatic nitrogens is 3. The number of hydrogen-bond donors (Lipinski definition) is 0. The van der Waals surface area contributed by atoms with Crippen molar-refractivity contribution in [2.45, 2.75) is 19.5 Å². The molecule has 0 spiro atoms. The van der Waals surface area contributed by atoms with Crippen LogP contribution in [0.15, 0.2) is 30.6 Å². The SMILES string of the molecule is CC1c2nncn2CCN1C(=O)C#Cc1ccccc1Cl. The fraction of sp³-hybridized carbons (Fsp3) is 0.267. The maximum Gasteiger partial charge on any atom is 0.299 e. The second-order valence-electron chi connectivity index (χ2n) is 4.79. The monoisotopic (exact) mass is 300 g/mol. The number of amides is 1. The lowest BCUT2D eigenvalue weighted by atomic mass is 10.2. The van der Waals surface area contributed by atoms with Gasteiger partial charge in [-0.2, -0.15) is 0 Å². The van der Waals surface area contributed by atoms with Gasteiger partial charge in [-0.25, -0.2) is 0 Å². The molecule has 6 heteroatoms. The summed E-state index contributed by atoms with van der Waals surface area (Å²) in [6, 6.07) is 7.08.